The average Bonchev–Trinajstić information content (AvgIpc) is 2.64. The highest BCUT2D eigenvalue weighted by atomic mass is 16.2. The van der Waals surface area contributed by atoms with Gasteiger partial charge in [-0.15, -0.1) is 0 Å². The van der Waals surface area contributed by atoms with E-state index in [1.807, 2.05) is 26.0 Å². The molecule has 2 heterocycles. The van der Waals surface area contributed by atoms with Crippen LogP contribution in [-0.2, 0) is 6.42 Å². The third-order valence-electron chi connectivity index (χ3n) is 3.74. The molecular weight excluding hydrogens is 316 g/mol. The van der Waals surface area contributed by atoms with E-state index in [0.717, 1.165) is 12.0 Å². The van der Waals surface area contributed by atoms with E-state index in [0.29, 0.717) is 24.6 Å². The van der Waals surface area contributed by atoms with Gasteiger partial charge in [-0.1, -0.05) is 13.8 Å². The molecule has 0 aromatic carbocycles. The van der Waals surface area contributed by atoms with E-state index in [9.17, 15) is 9.59 Å². The lowest BCUT2D eigenvalue weighted by Gasteiger charge is -2.17. The average molecular weight is 340 g/mol. The van der Waals surface area contributed by atoms with Crippen LogP contribution in [0.1, 0.15) is 40.3 Å². The first kappa shape index (κ1) is 18.6. The summed E-state index contributed by atoms with van der Waals surface area (Å²) in [5.41, 5.74) is 1.84. The zero-order valence-electron chi connectivity index (χ0n) is 14.9. The van der Waals surface area contributed by atoms with E-state index >= 15 is 0 Å². The normalized spacial score (nSPS) is 10.6. The molecular formula is C19H24N4O2. The number of nitrogens with one attached hydrogen (secondary N) is 1. The Morgan fingerprint density at radius 1 is 1.16 bits per heavy atom. The van der Waals surface area contributed by atoms with Gasteiger partial charge in [0.15, 0.2) is 0 Å². The van der Waals surface area contributed by atoms with Crippen molar-refractivity contribution in [2.45, 2.75) is 20.3 Å². The number of hydrogen-bond donors (Lipinski definition) is 1. The molecule has 0 unspecified atom stereocenters. The van der Waals surface area contributed by atoms with Gasteiger partial charge in [-0.05, 0) is 42.2 Å². The van der Waals surface area contributed by atoms with Crippen LogP contribution in [0.15, 0.2) is 42.9 Å². The fourth-order valence-electron chi connectivity index (χ4n) is 2.24. The molecule has 1 N–H and O–H groups in total. The van der Waals surface area contributed by atoms with Crippen LogP contribution < -0.4 is 5.32 Å². The van der Waals surface area contributed by atoms with E-state index in [1.165, 1.54) is 6.20 Å². The van der Waals surface area contributed by atoms with Crippen molar-refractivity contribution in [3.8, 4) is 0 Å². The maximum atomic E-state index is 12.6. The summed E-state index contributed by atoms with van der Waals surface area (Å²) >= 11 is 0. The van der Waals surface area contributed by atoms with Crippen LogP contribution in [0.5, 0.6) is 0 Å². The number of carbonyl (C=O) groups is 2. The minimum atomic E-state index is -0.261. The molecule has 2 aromatic heterocycles. The first-order valence-electron chi connectivity index (χ1n) is 8.36. The Morgan fingerprint density at radius 3 is 2.56 bits per heavy atom. The largest absolute Gasteiger partial charge is 0.350 e. The first-order valence-corrected chi connectivity index (χ1v) is 8.36. The lowest BCUT2D eigenvalue weighted by atomic mass is 10.1. The number of amides is 2. The quantitative estimate of drug-likeness (QED) is 0.838. The molecule has 0 saturated carbocycles. The van der Waals surface area contributed by atoms with Crippen molar-refractivity contribution in [1.29, 1.82) is 0 Å². The SMILES string of the molecule is CC(C)CNC(=O)c1cc(C(=O)N(C)CCc2ccncc2)ccn1. The summed E-state index contributed by atoms with van der Waals surface area (Å²) in [6, 6.07) is 7.04. The van der Waals surface area contributed by atoms with Crippen LogP contribution >= 0.6 is 0 Å². The third kappa shape index (κ3) is 5.67. The fraction of sp³-hybridized carbons (Fsp3) is 0.368. The topological polar surface area (TPSA) is 75.2 Å². The second-order valence-electron chi connectivity index (χ2n) is 6.37. The van der Waals surface area contributed by atoms with E-state index in [-0.39, 0.29) is 17.5 Å². The number of pyridine rings is 2. The summed E-state index contributed by atoms with van der Waals surface area (Å²) in [6.45, 7) is 5.20. The van der Waals surface area contributed by atoms with Gasteiger partial charge in [0.2, 0.25) is 0 Å². The summed E-state index contributed by atoms with van der Waals surface area (Å²) in [7, 11) is 1.75. The van der Waals surface area contributed by atoms with Gasteiger partial charge in [0.05, 0.1) is 0 Å². The van der Waals surface area contributed by atoms with Crippen LogP contribution in [0, 0.1) is 5.92 Å². The Bertz CT molecular complexity index is 716. The number of aromatic nitrogens is 2. The Kier molecular flexibility index (Phi) is 6.62. The maximum Gasteiger partial charge on any atom is 0.269 e. The van der Waals surface area contributed by atoms with Crippen LogP contribution in [0.2, 0.25) is 0 Å². The second kappa shape index (κ2) is 8.92. The van der Waals surface area contributed by atoms with Gasteiger partial charge in [0, 0.05) is 44.3 Å². The predicted octanol–water partition coefficient (Wildman–Crippen LogP) is 2.18. The standard InChI is InChI=1S/C19H24N4O2/c1-14(2)13-22-18(24)17-12-16(6-10-21-17)19(25)23(3)11-7-15-4-8-20-9-5-15/h4-6,8-10,12,14H,7,11,13H2,1-3H3,(H,22,24). The molecule has 0 bridgehead atoms. The van der Waals surface area contributed by atoms with E-state index in [4.69, 9.17) is 0 Å². The van der Waals surface area contributed by atoms with Gasteiger partial charge in [-0.3, -0.25) is 19.6 Å². The summed E-state index contributed by atoms with van der Waals surface area (Å²) in [6.07, 6.45) is 5.72. The van der Waals surface area contributed by atoms with E-state index < -0.39 is 0 Å². The lowest BCUT2D eigenvalue weighted by Crippen LogP contribution is -2.30. The second-order valence-corrected chi connectivity index (χ2v) is 6.37. The molecule has 0 fully saturated rings. The van der Waals surface area contributed by atoms with Crippen molar-refractivity contribution in [2.24, 2.45) is 5.92 Å². The highest BCUT2D eigenvalue weighted by Crippen LogP contribution is 2.07. The molecule has 0 aliphatic heterocycles. The zero-order chi connectivity index (χ0) is 18.2. The molecule has 132 valence electrons. The van der Waals surface area contributed by atoms with Crippen molar-refractivity contribution in [3.05, 3.63) is 59.7 Å². The molecule has 2 aromatic rings. The molecule has 0 atom stereocenters. The Morgan fingerprint density at radius 2 is 1.88 bits per heavy atom. The minimum absolute atomic E-state index is 0.130. The number of rotatable bonds is 7. The number of carbonyl (C=O) groups excluding carboxylic acids is 2. The maximum absolute atomic E-state index is 12.6. The molecule has 2 amide bonds. The van der Waals surface area contributed by atoms with E-state index in [2.05, 4.69) is 15.3 Å². The van der Waals surface area contributed by atoms with E-state index in [1.54, 1.807) is 36.5 Å². The van der Waals surface area contributed by atoms with Crippen molar-refractivity contribution in [3.63, 3.8) is 0 Å². The number of hydrogen-bond acceptors (Lipinski definition) is 4. The smallest absolute Gasteiger partial charge is 0.269 e. The highest BCUT2D eigenvalue weighted by Gasteiger charge is 2.15. The summed E-state index contributed by atoms with van der Waals surface area (Å²) in [5, 5.41) is 2.81. The molecule has 0 saturated heterocycles. The van der Waals surface area contributed by atoms with Gasteiger partial charge in [-0.25, -0.2) is 0 Å². The third-order valence-corrected chi connectivity index (χ3v) is 3.74. The van der Waals surface area contributed by atoms with Gasteiger partial charge in [0.25, 0.3) is 11.8 Å². The fourth-order valence-corrected chi connectivity index (χ4v) is 2.24. The van der Waals surface area contributed by atoms with Crippen LogP contribution in [-0.4, -0.2) is 46.8 Å². The predicted molar refractivity (Wildman–Crippen MR) is 96.3 cm³/mol. The van der Waals surface area contributed by atoms with Crippen molar-refractivity contribution >= 4 is 11.8 Å². The Labute approximate surface area is 148 Å². The Balaban J connectivity index is 1.98. The Hall–Kier alpha value is -2.76. The lowest BCUT2D eigenvalue weighted by molar-refractivity contribution is 0.0796. The highest BCUT2D eigenvalue weighted by molar-refractivity contribution is 5.98. The monoisotopic (exact) mass is 340 g/mol. The summed E-state index contributed by atoms with van der Waals surface area (Å²) in [4.78, 5) is 34.4. The molecule has 6 heteroatoms. The van der Waals surface area contributed by atoms with Gasteiger partial charge in [-0.2, -0.15) is 0 Å². The summed E-state index contributed by atoms with van der Waals surface area (Å²) in [5.74, 6) is -0.0368. The van der Waals surface area contributed by atoms with Crippen LogP contribution in [0.25, 0.3) is 0 Å². The molecule has 0 radical (unpaired) electrons. The molecule has 0 aliphatic carbocycles. The van der Waals surface area contributed by atoms with Crippen LogP contribution in [0.4, 0.5) is 0 Å². The molecule has 2 rings (SSSR count). The van der Waals surface area contributed by atoms with Gasteiger partial charge < -0.3 is 10.2 Å². The first-order chi connectivity index (χ1) is 12.0. The van der Waals surface area contributed by atoms with Crippen molar-refractivity contribution in [1.82, 2.24) is 20.2 Å². The number of likely N-dealkylation sites (N-methyl/N-ethyl adjacent to an activating group) is 1. The molecule has 25 heavy (non-hydrogen) atoms. The van der Waals surface area contributed by atoms with Gasteiger partial charge in [0.1, 0.15) is 5.69 Å². The molecule has 6 nitrogen and oxygen atoms in total. The van der Waals surface area contributed by atoms with Crippen LogP contribution in [0.3, 0.4) is 0 Å². The molecule has 0 aliphatic rings. The van der Waals surface area contributed by atoms with Crippen molar-refractivity contribution < 1.29 is 9.59 Å². The van der Waals surface area contributed by atoms with Crippen molar-refractivity contribution in [2.75, 3.05) is 20.1 Å². The zero-order valence-corrected chi connectivity index (χ0v) is 14.9. The summed E-state index contributed by atoms with van der Waals surface area (Å²) < 4.78 is 0. The van der Waals surface area contributed by atoms with Gasteiger partial charge >= 0.3 is 0 Å². The minimum Gasteiger partial charge on any atom is -0.350 e. The molecule has 0 spiro atoms. The number of nitrogens with zero attached hydrogens (tertiary/aromatic N) is 3.